The molecule has 52 heavy (non-hydrogen) atoms. The number of urea groups is 1. The smallest absolute Gasteiger partial charge is 0.315 e. The zero-order valence-electron chi connectivity index (χ0n) is 30.1. The number of carbonyl (C=O) groups excluding carboxylic acids is 1. The van der Waals surface area contributed by atoms with Crippen molar-refractivity contribution in [2.24, 2.45) is 23.7 Å². The zero-order valence-corrected chi connectivity index (χ0v) is 30.9. The van der Waals surface area contributed by atoms with Gasteiger partial charge in [-0.2, -0.15) is 0 Å². The van der Waals surface area contributed by atoms with Crippen molar-refractivity contribution >= 4 is 17.8 Å². The lowest BCUT2D eigenvalue weighted by Gasteiger charge is -2.56. The third kappa shape index (κ3) is 7.49. The first-order chi connectivity index (χ1) is 25.4. The van der Waals surface area contributed by atoms with Crippen LogP contribution in [0.3, 0.4) is 0 Å². The van der Waals surface area contributed by atoms with Crippen molar-refractivity contribution in [2.45, 2.75) is 87.5 Å². The first-order valence-corrected chi connectivity index (χ1v) is 19.9. The number of benzene rings is 4. The van der Waals surface area contributed by atoms with Crippen molar-refractivity contribution in [1.29, 1.82) is 0 Å². The van der Waals surface area contributed by atoms with Gasteiger partial charge in [0.05, 0.1) is 25.9 Å². The first-order valence-electron chi connectivity index (χ1n) is 18.9. The fraction of sp³-hybridized carbons (Fsp3) is 0.432. The molecule has 1 aliphatic heterocycles. The number of ether oxygens (including phenoxy) is 3. The molecule has 4 aromatic rings. The maximum absolute atomic E-state index is 13.3. The van der Waals surface area contributed by atoms with E-state index < -0.39 is 6.29 Å². The van der Waals surface area contributed by atoms with Crippen LogP contribution in [0.25, 0.3) is 11.1 Å². The average molecular weight is 719 g/mol. The lowest BCUT2D eigenvalue weighted by Crippen LogP contribution is -2.61. The van der Waals surface area contributed by atoms with Crippen molar-refractivity contribution in [3.63, 3.8) is 0 Å². The number of hydrogen-bond donors (Lipinski definition) is 3. The summed E-state index contributed by atoms with van der Waals surface area (Å²) in [4.78, 5) is 14.3. The van der Waals surface area contributed by atoms with Gasteiger partial charge in [-0.05, 0) is 96.2 Å². The fourth-order valence-corrected chi connectivity index (χ4v) is 10.9. The second-order valence-electron chi connectivity index (χ2n) is 15.6. The number of carbonyl (C=O) groups is 1. The highest BCUT2D eigenvalue weighted by Crippen LogP contribution is 2.55. The maximum atomic E-state index is 13.3. The van der Waals surface area contributed by atoms with Crippen LogP contribution in [0.1, 0.15) is 80.1 Å². The number of rotatable bonds is 11. The molecule has 4 bridgehead atoms. The Bertz CT molecular complexity index is 1810. The number of aliphatic hydroxyl groups excluding tert-OH is 1. The van der Waals surface area contributed by atoms with E-state index in [2.05, 4.69) is 72.2 Å². The number of para-hydroxylation sites is 1. The molecule has 1 saturated heterocycles. The Kier molecular flexibility index (Phi) is 10.3. The fourth-order valence-electron chi connectivity index (χ4n) is 9.72. The van der Waals surface area contributed by atoms with Crippen LogP contribution in [0.4, 0.5) is 4.79 Å². The van der Waals surface area contributed by atoms with E-state index in [0.717, 1.165) is 86.8 Å². The Balaban J connectivity index is 0.969. The van der Waals surface area contributed by atoms with Gasteiger partial charge in [0.25, 0.3) is 0 Å². The monoisotopic (exact) mass is 718 g/mol. The standard InChI is InChI=1S/C44H50N2O5S/c1-28-39(27-52-40-10-6-5-9-38(40)49-2)50-42(51-41(28)34-13-11-29(26-47)12-14-34)35-17-15-33(16-18-35)37-8-4-3-7-36(37)25-45-43(48)46-44-22-30-19-31(23-44)21-32(20-30)24-44/h3-18,28,30-32,39,41-42,47H,19-27H2,1-2H3,(H2,45,46,48)/t28-,30?,31?,32?,39+,41+,42+,44?/m1/s1. The minimum Gasteiger partial charge on any atom is -0.496 e. The molecule has 3 N–H and O–H groups in total. The summed E-state index contributed by atoms with van der Waals surface area (Å²) in [6.07, 6.45) is 6.66. The number of hydrogen-bond acceptors (Lipinski definition) is 6. The Morgan fingerprint density at radius 2 is 1.50 bits per heavy atom. The van der Waals surface area contributed by atoms with E-state index in [4.69, 9.17) is 14.2 Å². The minimum absolute atomic E-state index is 0.00580. The molecular weight excluding hydrogens is 669 g/mol. The SMILES string of the molecule is COc1ccccc1SC[C@@H]1O[C@H](c2ccc(-c3ccccc3CNC(=O)NC34CC5CC(CC(C5)C3)C4)cc2)O[C@H](c2ccc(CO)cc2)[C@@H]1C. The van der Waals surface area contributed by atoms with Gasteiger partial charge in [0.1, 0.15) is 5.75 Å². The van der Waals surface area contributed by atoms with Crippen LogP contribution in [-0.2, 0) is 22.6 Å². The van der Waals surface area contributed by atoms with Gasteiger partial charge in [0, 0.05) is 34.2 Å². The molecule has 5 fully saturated rings. The van der Waals surface area contributed by atoms with Gasteiger partial charge < -0.3 is 30.0 Å². The predicted octanol–water partition coefficient (Wildman–Crippen LogP) is 9.21. The number of aliphatic hydroxyl groups is 1. The van der Waals surface area contributed by atoms with E-state index >= 15 is 0 Å². The van der Waals surface area contributed by atoms with Gasteiger partial charge >= 0.3 is 6.03 Å². The second-order valence-corrected chi connectivity index (χ2v) is 16.6. The molecule has 4 aliphatic carbocycles. The van der Waals surface area contributed by atoms with Gasteiger partial charge in [-0.1, -0.05) is 91.9 Å². The van der Waals surface area contributed by atoms with Gasteiger partial charge in [0.2, 0.25) is 0 Å². The molecule has 0 aromatic heterocycles. The van der Waals surface area contributed by atoms with Crippen LogP contribution in [-0.4, -0.2) is 35.6 Å². The van der Waals surface area contributed by atoms with Crippen LogP contribution in [0.2, 0.25) is 0 Å². The molecule has 272 valence electrons. The molecule has 0 radical (unpaired) electrons. The van der Waals surface area contributed by atoms with Crippen molar-refractivity contribution in [3.05, 3.63) is 119 Å². The van der Waals surface area contributed by atoms with Gasteiger partial charge in [0.15, 0.2) is 6.29 Å². The van der Waals surface area contributed by atoms with Crippen LogP contribution < -0.4 is 15.4 Å². The molecule has 4 aromatic carbocycles. The van der Waals surface area contributed by atoms with E-state index in [1.807, 2.05) is 42.5 Å². The molecule has 2 amide bonds. The van der Waals surface area contributed by atoms with Gasteiger partial charge in [-0.25, -0.2) is 4.79 Å². The molecular formula is C44H50N2O5S. The third-order valence-electron chi connectivity index (χ3n) is 12.0. The maximum Gasteiger partial charge on any atom is 0.315 e. The number of amides is 2. The van der Waals surface area contributed by atoms with E-state index in [-0.39, 0.29) is 36.3 Å². The highest BCUT2D eigenvalue weighted by molar-refractivity contribution is 7.99. The Labute approximate surface area is 311 Å². The lowest BCUT2D eigenvalue weighted by atomic mass is 9.53. The summed E-state index contributed by atoms with van der Waals surface area (Å²) < 4.78 is 19.1. The summed E-state index contributed by atoms with van der Waals surface area (Å²) in [6, 6.07) is 32.8. The average Bonchev–Trinajstić information content (AvgIpc) is 3.16. The predicted molar refractivity (Wildman–Crippen MR) is 205 cm³/mol. The number of methoxy groups -OCH3 is 1. The second kappa shape index (κ2) is 15.3. The molecule has 0 unspecified atom stereocenters. The first kappa shape index (κ1) is 35.2. The quantitative estimate of drug-likeness (QED) is 0.134. The molecule has 4 atom stereocenters. The lowest BCUT2D eigenvalue weighted by molar-refractivity contribution is -0.268. The van der Waals surface area contributed by atoms with E-state index in [1.165, 1.54) is 19.3 Å². The summed E-state index contributed by atoms with van der Waals surface area (Å²) in [5.41, 5.74) is 6.12. The molecule has 7 nitrogen and oxygen atoms in total. The largest absolute Gasteiger partial charge is 0.496 e. The number of nitrogens with one attached hydrogen (secondary N) is 2. The minimum atomic E-state index is -0.554. The molecule has 9 rings (SSSR count). The summed E-state index contributed by atoms with van der Waals surface area (Å²) >= 11 is 1.73. The Hall–Kier alpha value is -3.82. The van der Waals surface area contributed by atoms with Crippen LogP contribution in [0.15, 0.2) is 102 Å². The highest BCUT2D eigenvalue weighted by atomic mass is 32.2. The highest BCUT2D eigenvalue weighted by Gasteiger charge is 2.51. The molecule has 0 spiro atoms. The van der Waals surface area contributed by atoms with Crippen LogP contribution in [0.5, 0.6) is 5.75 Å². The zero-order chi connectivity index (χ0) is 35.7. The number of thioether (sulfide) groups is 1. The van der Waals surface area contributed by atoms with Crippen molar-refractivity contribution in [2.75, 3.05) is 12.9 Å². The summed E-state index contributed by atoms with van der Waals surface area (Å²) in [7, 11) is 1.70. The molecule has 8 heteroatoms. The van der Waals surface area contributed by atoms with Gasteiger partial charge in [-0.15, -0.1) is 11.8 Å². The summed E-state index contributed by atoms with van der Waals surface area (Å²) in [6.45, 7) is 2.66. The normalized spacial score (nSPS) is 29.1. The third-order valence-corrected chi connectivity index (χ3v) is 13.1. The van der Waals surface area contributed by atoms with Crippen molar-refractivity contribution < 1.29 is 24.1 Å². The molecule has 1 heterocycles. The molecule has 4 saturated carbocycles. The van der Waals surface area contributed by atoms with Crippen molar-refractivity contribution in [1.82, 2.24) is 10.6 Å². The topological polar surface area (TPSA) is 89.1 Å². The van der Waals surface area contributed by atoms with Crippen molar-refractivity contribution in [3.8, 4) is 16.9 Å². The van der Waals surface area contributed by atoms with Crippen LogP contribution >= 0.6 is 11.8 Å². The molecule has 5 aliphatic rings. The van der Waals surface area contributed by atoms with E-state index in [9.17, 15) is 9.90 Å². The Morgan fingerprint density at radius 1 is 0.846 bits per heavy atom. The summed E-state index contributed by atoms with van der Waals surface area (Å²) in [5.74, 6) is 4.04. The summed E-state index contributed by atoms with van der Waals surface area (Å²) in [5, 5.41) is 16.3. The van der Waals surface area contributed by atoms with Gasteiger partial charge in [-0.3, -0.25) is 0 Å². The Morgan fingerprint density at radius 3 is 2.19 bits per heavy atom. The van der Waals surface area contributed by atoms with E-state index in [1.54, 1.807) is 18.9 Å². The van der Waals surface area contributed by atoms with E-state index in [0.29, 0.717) is 6.54 Å². The van der Waals surface area contributed by atoms with Crippen LogP contribution in [0, 0.1) is 23.7 Å².